The lowest BCUT2D eigenvalue weighted by molar-refractivity contribution is -0.0367. The molecular weight excluding hydrogens is 609 g/mol. The Hall–Kier alpha value is -3.00. The van der Waals surface area contributed by atoms with E-state index in [-0.39, 0.29) is 16.8 Å². The van der Waals surface area contributed by atoms with Crippen molar-refractivity contribution in [3.63, 3.8) is 0 Å². The molecule has 2 unspecified atom stereocenters. The van der Waals surface area contributed by atoms with Gasteiger partial charge in [0.25, 0.3) is 5.91 Å². The van der Waals surface area contributed by atoms with Crippen LogP contribution in [0.2, 0.25) is 5.02 Å². The van der Waals surface area contributed by atoms with E-state index in [4.69, 9.17) is 31.0 Å². The highest BCUT2D eigenvalue weighted by Gasteiger charge is 2.38. The monoisotopic (exact) mass is 645 g/mol. The summed E-state index contributed by atoms with van der Waals surface area (Å²) in [6, 6.07) is 0.895. The highest BCUT2D eigenvalue weighted by atomic mass is 35.5. The van der Waals surface area contributed by atoms with Crippen LogP contribution in [0.15, 0.2) is 17.4 Å². The van der Waals surface area contributed by atoms with Gasteiger partial charge in [-0.2, -0.15) is 5.10 Å². The first-order valence-corrected chi connectivity index (χ1v) is 16.6. The molecule has 2 fully saturated rings. The Morgan fingerprint density at radius 1 is 1.20 bits per heavy atom. The molecule has 3 aromatic rings. The van der Waals surface area contributed by atoms with E-state index < -0.39 is 29.5 Å². The number of fused-ring (bicyclic) bond motifs is 2. The van der Waals surface area contributed by atoms with Gasteiger partial charge in [0.05, 0.1) is 34.0 Å². The van der Waals surface area contributed by atoms with E-state index in [1.54, 1.807) is 20.7 Å². The van der Waals surface area contributed by atoms with Crippen LogP contribution in [0.1, 0.15) is 80.3 Å². The zero-order chi connectivity index (χ0) is 31.2. The lowest BCUT2D eigenvalue weighted by atomic mass is 9.97. The summed E-state index contributed by atoms with van der Waals surface area (Å²) in [5.74, 6) is -0.722. The number of nitrogens with one attached hydrogen (secondary N) is 1. The largest absolute Gasteiger partial charge is 0.444 e. The summed E-state index contributed by atoms with van der Waals surface area (Å²) >= 11 is 7.88. The number of aromatic nitrogens is 4. The number of hydrogen-bond donors (Lipinski definition) is 1. The van der Waals surface area contributed by atoms with E-state index in [0.29, 0.717) is 73.2 Å². The molecule has 0 spiro atoms. The quantitative estimate of drug-likeness (QED) is 0.290. The molecule has 236 valence electrons. The van der Waals surface area contributed by atoms with Crippen molar-refractivity contribution in [2.75, 3.05) is 43.9 Å². The van der Waals surface area contributed by atoms with Crippen LogP contribution in [0.25, 0.3) is 10.9 Å². The first kappa shape index (κ1) is 31.0. The summed E-state index contributed by atoms with van der Waals surface area (Å²) in [6.45, 7) is 8.02. The van der Waals surface area contributed by atoms with Gasteiger partial charge < -0.3 is 14.8 Å². The number of ether oxygens (including phenoxy) is 2. The number of thioether (sulfide) groups is 1. The van der Waals surface area contributed by atoms with Gasteiger partial charge in [-0.3, -0.25) is 14.6 Å². The summed E-state index contributed by atoms with van der Waals surface area (Å²) in [5, 5.41) is 8.53. The number of carbonyl (C=O) groups is 2. The van der Waals surface area contributed by atoms with Crippen LogP contribution >= 0.6 is 23.4 Å². The molecule has 2 amide bonds. The fourth-order valence-corrected chi connectivity index (χ4v) is 6.73. The Morgan fingerprint density at radius 2 is 2.02 bits per heavy atom. The molecule has 2 atom stereocenters. The van der Waals surface area contributed by atoms with Gasteiger partial charge in [0.15, 0.2) is 11.4 Å². The molecule has 44 heavy (non-hydrogen) atoms. The molecule has 1 aromatic carbocycles. The fraction of sp³-hybridized carbons (Fsp3) is 0.567. The Bertz CT molecular complexity index is 1590. The van der Waals surface area contributed by atoms with Gasteiger partial charge in [0, 0.05) is 49.8 Å². The second-order valence-corrected chi connectivity index (χ2v) is 13.4. The zero-order valence-electron chi connectivity index (χ0n) is 25.4. The predicted octanol–water partition coefficient (Wildman–Crippen LogP) is 5.51. The number of hydrogen-bond acceptors (Lipinski definition) is 9. The molecule has 11 nitrogen and oxygen atoms in total. The Morgan fingerprint density at radius 3 is 2.75 bits per heavy atom. The third-order valence-corrected chi connectivity index (χ3v) is 9.03. The number of amides is 2. The molecule has 0 bridgehead atoms. The van der Waals surface area contributed by atoms with Crippen molar-refractivity contribution in [1.82, 2.24) is 30.0 Å². The highest BCUT2D eigenvalue weighted by Crippen LogP contribution is 2.39. The number of benzene rings is 1. The SMILES string of the molecule is CSc1nc(C2CNCCN2C(=O)OC(C)(C)C)c2c(n1)N(C(=O)c1c(Cl)c(F)cc3c1cnn3C1CCCCO1)CCC2. The number of nitrogens with zero attached hydrogens (tertiary/aromatic N) is 6. The number of anilines is 1. The van der Waals surface area contributed by atoms with Crippen molar-refractivity contribution < 1.29 is 23.5 Å². The number of piperazine rings is 1. The standard InChI is InChI=1S/C30H37ClFN7O4S/c1-30(2,3)43-29(41)37-12-10-33-16-21(37)25-17-8-7-11-38(26(17)36-28(35-25)44-4)27(40)23-18-15-34-39(22-9-5-6-13-42-22)20(18)14-19(32)24(23)31/h14-15,21-22,33H,5-13,16H2,1-4H3. The van der Waals surface area contributed by atoms with E-state index in [1.165, 1.54) is 17.8 Å². The summed E-state index contributed by atoms with van der Waals surface area (Å²) in [5.41, 5.74) is 1.29. The number of carbonyl (C=O) groups excluding carboxylic acids is 2. The normalized spacial score (nSPS) is 21.0. The maximum atomic E-state index is 15.3. The minimum absolute atomic E-state index is 0.0390. The first-order valence-electron chi connectivity index (χ1n) is 15.0. The van der Waals surface area contributed by atoms with Crippen LogP contribution in [-0.2, 0) is 15.9 Å². The van der Waals surface area contributed by atoms with Crippen LogP contribution in [0, 0.1) is 5.82 Å². The summed E-state index contributed by atoms with van der Waals surface area (Å²) in [4.78, 5) is 40.6. The lowest BCUT2D eigenvalue weighted by Gasteiger charge is -2.39. The number of halogens is 2. The Balaban J connectivity index is 1.42. The van der Waals surface area contributed by atoms with Gasteiger partial charge in [-0.25, -0.2) is 23.8 Å². The average Bonchev–Trinajstić information content (AvgIpc) is 3.43. The molecule has 0 radical (unpaired) electrons. The summed E-state index contributed by atoms with van der Waals surface area (Å²) < 4.78 is 28.6. The molecule has 0 aliphatic carbocycles. The zero-order valence-corrected chi connectivity index (χ0v) is 26.9. The molecule has 2 aromatic heterocycles. The molecule has 3 aliphatic rings. The van der Waals surface area contributed by atoms with Crippen molar-refractivity contribution in [3.05, 3.63) is 39.9 Å². The summed E-state index contributed by atoms with van der Waals surface area (Å²) in [6.07, 6.45) is 6.59. The van der Waals surface area contributed by atoms with Crippen LogP contribution in [0.5, 0.6) is 0 Å². The maximum absolute atomic E-state index is 15.3. The second kappa shape index (κ2) is 12.4. The van der Waals surface area contributed by atoms with Gasteiger partial charge in [-0.05, 0) is 59.1 Å². The van der Waals surface area contributed by atoms with Crippen LogP contribution < -0.4 is 10.2 Å². The molecule has 5 heterocycles. The van der Waals surface area contributed by atoms with Gasteiger partial charge in [0.2, 0.25) is 0 Å². The van der Waals surface area contributed by atoms with E-state index in [2.05, 4.69) is 10.4 Å². The minimum Gasteiger partial charge on any atom is -0.444 e. The third-order valence-electron chi connectivity index (χ3n) is 8.11. The van der Waals surface area contributed by atoms with Crippen molar-refractivity contribution in [1.29, 1.82) is 0 Å². The molecule has 1 N–H and O–H groups in total. The smallest absolute Gasteiger partial charge is 0.410 e. The fourth-order valence-electron chi connectivity index (χ4n) is 6.12. The third kappa shape index (κ3) is 5.86. The minimum atomic E-state index is -0.702. The summed E-state index contributed by atoms with van der Waals surface area (Å²) in [7, 11) is 0. The molecule has 0 saturated carbocycles. The maximum Gasteiger partial charge on any atom is 0.410 e. The molecular formula is C30H37ClFN7O4S. The number of rotatable bonds is 4. The Labute approximate surface area is 264 Å². The van der Waals surface area contributed by atoms with Crippen molar-refractivity contribution >= 4 is 52.1 Å². The predicted molar refractivity (Wildman–Crippen MR) is 166 cm³/mol. The van der Waals surface area contributed by atoms with Crippen molar-refractivity contribution in [2.45, 2.75) is 75.9 Å². The van der Waals surface area contributed by atoms with E-state index in [9.17, 15) is 9.59 Å². The molecule has 6 rings (SSSR count). The molecule has 14 heteroatoms. The van der Waals surface area contributed by atoms with Crippen molar-refractivity contribution in [3.8, 4) is 0 Å². The van der Waals surface area contributed by atoms with Gasteiger partial charge >= 0.3 is 6.09 Å². The lowest BCUT2D eigenvalue weighted by Crippen LogP contribution is -2.51. The van der Waals surface area contributed by atoms with E-state index in [1.807, 2.05) is 27.0 Å². The van der Waals surface area contributed by atoms with E-state index in [0.717, 1.165) is 24.8 Å². The second-order valence-electron chi connectivity index (χ2n) is 12.2. The highest BCUT2D eigenvalue weighted by molar-refractivity contribution is 7.98. The van der Waals surface area contributed by atoms with E-state index >= 15 is 4.39 Å². The van der Waals surface area contributed by atoms with Crippen molar-refractivity contribution in [2.24, 2.45) is 0 Å². The van der Waals surface area contributed by atoms with Crippen LogP contribution in [-0.4, -0.2) is 81.3 Å². The Kier molecular flexibility index (Phi) is 8.75. The average molecular weight is 646 g/mol. The topological polar surface area (TPSA) is 115 Å². The van der Waals surface area contributed by atoms with Gasteiger partial charge in [0.1, 0.15) is 17.2 Å². The van der Waals surface area contributed by atoms with Gasteiger partial charge in [-0.1, -0.05) is 23.4 Å². The first-order chi connectivity index (χ1) is 21.1. The van der Waals surface area contributed by atoms with Crippen LogP contribution in [0.3, 0.4) is 0 Å². The van der Waals surface area contributed by atoms with Gasteiger partial charge in [-0.15, -0.1) is 0 Å². The molecule has 3 aliphatic heterocycles. The molecule has 2 saturated heterocycles. The van der Waals surface area contributed by atoms with Crippen LogP contribution in [0.4, 0.5) is 15.0 Å².